The van der Waals surface area contributed by atoms with Gasteiger partial charge in [0.2, 0.25) is 0 Å². The molecule has 0 aliphatic heterocycles. The molecule has 0 amide bonds. The molecule has 0 saturated heterocycles. The van der Waals surface area contributed by atoms with Crippen molar-refractivity contribution in [2.45, 2.75) is 20.4 Å². The number of benzene rings is 2. The maximum absolute atomic E-state index is 5.53. The van der Waals surface area contributed by atoms with Crippen molar-refractivity contribution in [2.24, 2.45) is 4.99 Å². The van der Waals surface area contributed by atoms with Crippen LogP contribution in [0.25, 0.3) is 0 Å². The van der Waals surface area contributed by atoms with E-state index in [4.69, 9.17) is 9.47 Å². The third kappa shape index (κ3) is 4.65. The van der Waals surface area contributed by atoms with Gasteiger partial charge in [0.05, 0.1) is 13.7 Å². The van der Waals surface area contributed by atoms with E-state index in [0.29, 0.717) is 24.9 Å². The number of hydrogen-bond donors (Lipinski definition) is 2. The topological polar surface area (TPSA) is 54.9 Å². The molecule has 2 N–H and O–H groups in total. The summed E-state index contributed by atoms with van der Waals surface area (Å²) in [6.07, 6.45) is 0. The van der Waals surface area contributed by atoms with E-state index in [1.54, 1.807) is 14.2 Å². The molecule has 2 rings (SSSR count). The van der Waals surface area contributed by atoms with Crippen LogP contribution in [0.15, 0.2) is 47.5 Å². The second-order valence-corrected chi connectivity index (χ2v) is 5.28. The van der Waals surface area contributed by atoms with Gasteiger partial charge in [-0.05, 0) is 37.1 Å². The lowest BCUT2D eigenvalue weighted by Crippen LogP contribution is -2.30. The number of ether oxygens (including phenoxy) is 2. The number of aliphatic imine (C=N–C) groups is 1. The molecule has 0 spiro atoms. The highest BCUT2D eigenvalue weighted by Crippen LogP contribution is 2.30. The second kappa shape index (κ2) is 8.82. The zero-order chi connectivity index (χ0) is 17.4. The van der Waals surface area contributed by atoms with Gasteiger partial charge in [-0.2, -0.15) is 0 Å². The minimum atomic E-state index is 0.600. The molecule has 128 valence electrons. The van der Waals surface area contributed by atoms with E-state index in [1.165, 1.54) is 11.1 Å². The smallest absolute Gasteiger partial charge is 0.195 e. The molecule has 0 unspecified atom stereocenters. The molecule has 0 radical (unpaired) electrons. The first-order valence-corrected chi connectivity index (χ1v) is 8.01. The summed E-state index contributed by atoms with van der Waals surface area (Å²) in [6.45, 7) is 5.36. The van der Waals surface area contributed by atoms with Crippen molar-refractivity contribution < 1.29 is 9.47 Å². The van der Waals surface area contributed by atoms with Gasteiger partial charge in [0, 0.05) is 25.3 Å². The molecule has 5 nitrogen and oxygen atoms in total. The number of nitrogens with zero attached hydrogens (tertiary/aromatic N) is 1. The van der Waals surface area contributed by atoms with Crippen LogP contribution in [0, 0.1) is 6.92 Å². The monoisotopic (exact) mass is 327 g/mol. The number of methoxy groups -OCH3 is 1. The summed E-state index contributed by atoms with van der Waals surface area (Å²) >= 11 is 0. The second-order valence-electron chi connectivity index (χ2n) is 5.28. The first-order valence-electron chi connectivity index (χ1n) is 8.01. The van der Waals surface area contributed by atoms with Gasteiger partial charge in [-0.1, -0.05) is 24.3 Å². The standard InChI is InChI=1S/C19H25N3O2/c1-5-24-17-11-10-16(12-18(17)23-4)22-19(20-3)21-13-15-9-7-6-8-14(15)2/h6-12H,5,13H2,1-4H3,(H2,20,21,22). The number of aryl methyl sites for hydroxylation is 1. The fourth-order valence-electron chi connectivity index (χ4n) is 2.32. The summed E-state index contributed by atoms with van der Waals surface area (Å²) < 4.78 is 10.9. The quantitative estimate of drug-likeness (QED) is 0.629. The predicted molar refractivity (Wildman–Crippen MR) is 99.2 cm³/mol. The number of rotatable bonds is 6. The third-order valence-electron chi connectivity index (χ3n) is 3.66. The largest absolute Gasteiger partial charge is 0.493 e. The normalized spacial score (nSPS) is 11.1. The van der Waals surface area contributed by atoms with Gasteiger partial charge in [-0.3, -0.25) is 4.99 Å². The SMILES string of the molecule is CCOc1ccc(NC(=NC)NCc2ccccc2C)cc1OC. The summed E-state index contributed by atoms with van der Waals surface area (Å²) in [7, 11) is 3.38. The summed E-state index contributed by atoms with van der Waals surface area (Å²) in [4.78, 5) is 4.26. The van der Waals surface area contributed by atoms with Gasteiger partial charge in [-0.25, -0.2) is 0 Å². The highest BCUT2D eigenvalue weighted by molar-refractivity contribution is 5.93. The molecule has 2 aromatic carbocycles. The summed E-state index contributed by atoms with van der Waals surface area (Å²) in [5.41, 5.74) is 3.38. The lowest BCUT2D eigenvalue weighted by molar-refractivity contribution is 0.311. The van der Waals surface area contributed by atoms with Crippen LogP contribution in [0.1, 0.15) is 18.1 Å². The van der Waals surface area contributed by atoms with E-state index in [-0.39, 0.29) is 0 Å². The van der Waals surface area contributed by atoms with Crippen LogP contribution in [0.4, 0.5) is 5.69 Å². The average molecular weight is 327 g/mol. The van der Waals surface area contributed by atoms with E-state index in [0.717, 1.165) is 11.4 Å². The Kier molecular flexibility index (Phi) is 6.49. The summed E-state index contributed by atoms with van der Waals surface area (Å²) in [6, 6.07) is 14.0. The number of anilines is 1. The molecule has 0 aliphatic carbocycles. The molecule has 0 bridgehead atoms. The van der Waals surface area contributed by atoms with Crippen LogP contribution < -0.4 is 20.1 Å². The van der Waals surface area contributed by atoms with E-state index in [9.17, 15) is 0 Å². The zero-order valence-corrected chi connectivity index (χ0v) is 14.7. The van der Waals surface area contributed by atoms with Crippen molar-refractivity contribution >= 4 is 11.6 Å². The maximum atomic E-state index is 5.53. The highest BCUT2D eigenvalue weighted by Gasteiger charge is 2.07. The van der Waals surface area contributed by atoms with Crippen molar-refractivity contribution in [3.63, 3.8) is 0 Å². The van der Waals surface area contributed by atoms with Crippen LogP contribution in [0.3, 0.4) is 0 Å². The van der Waals surface area contributed by atoms with Crippen LogP contribution in [0.5, 0.6) is 11.5 Å². The van der Waals surface area contributed by atoms with Crippen molar-refractivity contribution in [1.82, 2.24) is 5.32 Å². The van der Waals surface area contributed by atoms with Crippen LogP contribution in [0.2, 0.25) is 0 Å². The van der Waals surface area contributed by atoms with E-state index < -0.39 is 0 Å². The lowest BCUT2D eigenvalue weighted by Gasteiger charge is -2.15. The molecule has 0 aliphatic rings. The fraction of sp³-hybridized carbons (Fsp3) is 0.316. The van der Waals surface area contributed by atoms with Crippen molar-refractivity contribution in [3.8, 4) is 11.5 Å². The Hall–Kier alpha value is -2.69. The van der Waals surface area contributed by atoms with E-state index >= 15 is 0 Å². The Labute approximate surface area is 143 Å². The molecule has 0 saturated carbocycles. The molecule has 0 fully saturated rings. The van der Waals surface area contributed by atoms with Gasteiger partial charge in [0.1, 0.15) is 0 Å². The maximum Gasteiger partial charge on any atom is 0.195 e. The Balaban J connectivity index is 2.04. The zero-order valence-electron chi connectivity index (χ0n) is 14.7. The molecular weight excluding hydrogens is 302 g/mol. The van der Waals surface area contributed by atoms with Gasteiger partial charge in [0.15, 0.2) is 17.5 Å². The summed E-state index contributed by atoms with van der Waals surface area (Å²) in [5.74, 6) is 2.12. The number of nitrogens with one attached hydrogen (secondary N) is 2. The Morgan fingerprint density at radius 3 is 2.58 bits per heavy atom. The molecule has 0 heterocycles. The number of guanidine groups is 1. The van der Waals surface area contributed by atoms with E-state index in [1.807, 2.05) is 37.3 Å². The van der Waals surface area contributed by atoms with Gasteiger partial charge >= 0.3 is 0 Å². The first-order chi connectivity index (χ1) is 11.7. The van der Waals surface area contributed by atoms with Crippen molar-refractivity contribution in [1.29, 1.82) is 0 Å². The molecule has 0 atom stereocenters. The third-order valence-corrected chi connectivity index (χ3v) is 3.66. The van der Waals surface area contributed by atoms with E-state index in [2.05, 4.69) is 34.7 Å². The van der Waals surface area contributed by atoms with Crippen LogP contribution in [-0.2, 0) is 6.54 Å². The molecular formula is C19H25N3O2. The lowest BCUT2D eigenvalue weighted by atomic mass is 10.1. The Bertz CT molecular complexity index is 699. The number of hydrogen-bond acceptors (Lipinski definition) is 3. The summed E-state index contributed by atoms with van der Waals surface area (Å²) in [5, 5.41) is 6.58. The van der Waals surface area contributed by atoms with Gasteiger partial charge < -0.3 is 20.1 Å². The van der Waals surface area contributed by atoms with Crippen LogP contribution >= 0.6 is 0 Å². The Morgan fingerprint density at radius 1 is 1.12 bits per heavy atom. The van der Waals surface area contributed by atoms with Gasteiger partial charge in [-0.15, -0.1) is 0 Å². The molecule has 2 aromatic rings. The highest BCUT2D eigenvalue weighted by atomic mass is 16.5. The fourth-order valence-corrected chi connectivity index (χ4v) is 2.32. The van der Waals surface area contributed by atoms with Crippen molar-refractivity contribution in [2.75, 3.05) is 26.1 Å². The minimum Gasteiger partial charge on any atom is -0.493 e. The first kappa shape index (κ1) is 17.7. The average Bonchev–Trinajstić information content (AvgIpc) is 2.61. The molecule has 5 heteroatoms. The minimum absolute atomic E-state index is 0.600. The molecule has 0 aromatic heterocycles. The predicted octanol–water partition coefficient (Wildman–Crippen LogP) is 3.59. The Morgan fingerprint density at radius 2 is 1.92 bits per heavy atom. The molecule has 24 heavy (non-hydrogen) atoms. The van der Waals surface area contributed by atoms with Gasteiger partial charge in [0.25, 0.3) is 0 Å². The van der Waals surface area contributed by atoms with Crippen LogP contribution in [-0.4, -0.2) is 26.7 Å². The van der Waals surface area contributed by atoms with Crippen molar-refractivity contribution in [3.05, 3.63) is 53.6 Å².